The second-order valence-corrected chi connectivity index (χ2v) is 8.23. The van der Waals surface area contributed by atoms with E-state index in [2.05, 4.69) is 40.0 Å². The Labute approximate surface area is 210 Å². The fourth-order valence-electron chi connectivity index (χ4n) is 3.07. The number of alkyl halides is 6. The second kappa shape index (κ2) is 9.81. The van der Waals surface area contributed by atoms with Gasteiger partial charge in [-0.1, -0.05) is 12.1 Å². The molecule has 4 aromatic heterocycles. The molecule has 0 saturated heterocycles. The van der Waals surface area contributed by atoms with Crippen LogP contribution in [0, 0.1) is 0 Å². The zero-order valence-electron chi connectivity index (χ0n) is 19.5. The maximum absolute atomic E-state index is 13.2. The number of aliphatic hydroxyl groups is 1. The van der Waals surface area contributed by atoms with Gasteiger partial charge in [0.2, 0.25) is 11.8 Å². The molecule has 0 unspecified atom stereocenters. The van der Waals surface area contributed by atoms with E-state index in [9.17, 15) is 31.4 Å². The maximum Gasteiger partial charge on any atom is 0.574 e. The summed E-state index contributed by atoms with van der Waals surface area (Å²) < 4.78 is 81.3. The van der Waals surface area contributed by atoms with Crippen LogP contribution in [0.2, 0.25) is 0 Å². The van der Waals surface area contributed by atoms with Gasteiger partial charge in [0.1, 0.15) is 22.7 Å². The average molecular weight is 537 g/mol. The lowest BCUT2D eigenvalue weighted by atomic mass is 10.0. The molecule has 4 rings (SSSR count). The summed E-state index contributed by atoms with van der Waals surface area (Å²) in [6.07, 6.45) is -8.68. The number of anilines is 2. The Balaban J connectivity index is 1.81. The molecule has 15 heteroatoms. The van der Waals surface area contributed by atoms with Crippen LogP contribution in [0.25, 0.3) is 23.0 Å². The standard InChI is InChI=1S/C23H17F6N7O2/c1-21(2,37)15-7-3-5-13(32-15)18-34-19(14-6-4-8-16(33-14)22(24,25)26)36-20(35-18)31-12-9-10-30-17(11-12)38-23(27,28)29/h3-11,37H,1-2H3,(H,30,31,34,35,36). The van der Waals surface area contributed by atoms with E-state index in [0.717, 1.165) is 24.4 Å². The highest BCUT2D eigenvalue weighted by molar-refractivity contribution is 5.62. The van der Waals surface area contributed by atoms with Crippen molar-refractivity contribution in [2.75, 3.05) is 5.32 Å². The van der Waals surface area contributed by atoms with E-state index in [1.54, 1.807) is 12.1 Å². The van der Waals surface area contributed by atoms with E-state index in [1.165, 1.54) is 32.0 Å². The summed E-state index contributed by atoms with van der Waals surface area (Å²) in [6.45, 7) is 3.00. The van der Waals surface area contributed by atoms with E-state index in [4.69, 9.17) is 0 Å². The zero-order chi connectivity index (χ0) is 27.7. The predicted octanol–water partition coefficient (Wildman–Crippen LogP) is 5.28. The van der Waals surface area contributed by atoms with Gasteiger partial charge in [-0.05, 0) is 44.2 Å². The number of halogens is 6. The minimum Gasteiger partial charge on any atom is -0.388 e. The SMILES string of the molecule is CC(C)(O)c1cccc(-c2nc(Nc3ccnc(OC(F)(F)F)c3)nc(-c3cccc(C(F)(F)F)n3)n2)n1. The van der Waals surface area contributed by atoms with Crippen molar-refractivity contribution in [1.82, 2.24) is 29.9 Å². The van der Waals surface area contributed by atoms with Gasteiger partial charge in [-0.25, -0.2) is 19.9 Å². The monoisotopic (exact) mass is 537 g/mol. The molecule has 0 atom stereocenters. The van der Waals surface area contributed by atoms with E-state index in [0.29, 0.717) is 0 Å². The minimum atomic E-state index is -4.98. The number of hydrogen-bond acceptors (Lipinski definition) is 9. The van der Waals surface area contributed by atoms with Gasteiger partial charge in [-0.15, -0.1) is 13.2 Å². The summed E-state index contributed by atoms with van der Waals surface area (Å²) in [7, 11) is 0. The first-order valence-electron chi connectivity index (χ1n) is 10.7. The van der Waals surface area contributed by atoms with E-state index in [1.807, 2.05) is 0 Å². The Morgan fingerprint density at radius 3 is 1.89 bits per heavy atom. The molecule has 4 aromatic rings. The second-order valence-electron chi connectivity index (χ2n) is 8.23. The van der Waals surface area contributed by atoms with Crippen LogP contribution in [0.15, 0.2) is 54.7 Å². The predicted molar refractivity (Wildman–Crippen MR) is 121 cm³/mol. The molecule has 0 saturated carbocycles. The molecule has 0 aliphatic rings. The summed E-state index contributed by atoms with van der Waals surface area (Å²) in [5.41, 5.74) is -2.34. The van der Waals surface area contributed by atoms with Gasteiger partial charge in [0.25, 0.3) is 0 Å². The summed E-state index contributed by atoms with van der Waals surface area (Å²) in [5, 5.41) is 13.0. The average Bonchev–Trinajstić information content (AvgIpc) is 2.82. The van der Waals surface area contributed by atoms with Crippen molar-refractivity contribution in [3.63, 3.8) is 0 Å². The first-order valence-corrected chi connectivity index (χ1v) is 10.7. The number of pyridine rings is 3. The van der Waals surface area contributed by atoms with Crippen molar-refractivity contribution in [1.29, 1.82) is 0 Å². The van der Waals surface area contributed by atoms with Crippen molar-refractivity contribution in [3.05, 3.63) is 66.1 Å². The number of ether oxygens (including phenoxy) is 1. The Kier molecular flexibility index (Phi) is 6.88. The van der Waals surface area contributed by atoms with E-state index >= 15 is 0 Å². The normalized spacial score (nSPS) is 12.3. The molecule has 0 radical (unpaired) electrons. The molecule has 0 fully saturated rings. The Morgan fingerprint density at radius 1 is 0.763 bits per heavy atom. The fourth-order valence-corrected chi connectivity index (χ4v) is 3.07. The lowest BCUT2D eigenvalue weighted by molar-refractivity contribution is -0.276. The largest absolute Gasteiger partial charge is 0.574 e. The van der Waals surface area contributed by atoms with Gasteiger partial charge in [0.05, 0.1) is 5.69 Å². The van der Waals surface area contributed by atoms with Crippen molar-refractivity contribution in [3.8, 4) is 28.9 Å². The first kappa shape index (κ1) is 26.7. The summed E-state index contributed by atoms with van der Waals surface area (Å²) in [4.78, 5) is 23.9. The van der Waals surface area contributed by atoms with E-state index < -0.39 is 29.7 Å². The fraction of sp³-hybridized carbons (Fsp3) is 0.217. The van der Waals surface area contributed by atoms with Crippen molar-refractivity contribution >= 4 is 11.6 Å². The van der Waals surface area contributed by atoms with Gasteiger partial charge in [0, 0.05) is 18.0 Å². The third kappa shape index (κ3) is 6.67. The van der Waals surface area contributed by atoms with Crippen LogP contribution < -0.4 is 10.1 Å². The van der Waals surface area contributed by atoms with Crippen LogP contribution in [0.3, 0.4) is 0 Å². The third-order valence-electron chi connectivity index (χ3n) is 4.72. The van der Waals surface area contributed by atoms with Crippen LogP contribution in [0.4, 0.5) is 38.0 Å². The molecule has 4 heterocycles. The molecule has 9 nitrogen and oxygen atoms in total. The maximum atomic E-state index is 13.2. The lowest BCUT2D eigenvalue weighted by Crippen LogP contribution is -2.18. The number of nitrogens with one attached hydrogen (secondary N) is 1. The molecule has 198 valence electrons. The molecule has 0 aliphatic heterocycles. The van der Waals surface area contributed by atoms with Crippen molar-refractivity contribution < 1.29 is 36.2 Å². The Morgan fingerprint density at radius 2 is 1.34 bits per heavy atom. The van der Waals surface area contributed by atoms with Crippen LogP contribution in [0.1, 0.15) is 25.2 Å². The van der Waals surface area contributed by atoms with Gasteiger partial charge in [0.15, 0.2) is 11.6 Å². The quantitative estimate of drug-likeness (QED) is 0.317. The molecule has 0 amide bonds. The summed E-state index contributed by atoms with van der Waals surface area (Å²) >= 11 is 0. The Hall–Kier alpha value is -4.40. The highest BCUT2D eigenvalue weighted by Gasteiger charge is 2.33. The molecule has 38 heavy (non-hydrogen) atoms. The van der Waals surface area contributed by atoms with E-state index in [-0.39, 0.29) is 40.4 Å². The van der Waals surface area contributed by atoms with Crippen LogP contribution in [-0.4, -0.2) is 41.4 Å². The Bertz CT molecular complexity index is 1380. The number of aromatic nitrogens is 6. The summed E-state index contributed by atoms with van der Waals surface area (Å²) in [6, 6.07) is 9.99. The molecule has 2 N–H and O–H groups in total. The topological polar surface area (TPSA) is 119 Å². The zero-order valence-corrected chi connectivity index (χ0v) is 19.5. The number of hydrogen-bond donors (Lipinski definition) is 2. The van der Waals surface area contributed by atoms with Crippen LogP contribution >= 0.6 is 0 Å². The minimum absolute atomic E-state index is 0.0255. The highest BCUT2D eigenvalue weighted by atomic mass is 19.4. The number of nitrogens with zero attached hydrogens (tertiary/aromatic N) is 6. The van der Waals surface area contributed by atoms with Crippen LogP contribution in [0.5, 0.6) is 5.88 Å². The van der Waals surface area contributed by atoms with Crippen molar-refractivity contribution in [2.45, 2.75) is 32.0 Å². The lowest BCUT2D eigenvalue weighted by Gasteiger charge is -2.17. The molecule has 0 spiro atoms. The molecular formula is C23H17F6N7O2. The molecular weight excluding hydrogens is 520 g/mol. The third-order valence-corrected chi connectivity index (χ3v) is 4.72. The first-order chi connectivity index (χ1) is 17.7. The van der Waals surface area contributed by atoms with Crippen LogP contribution in [-0.2, 0) is 11.8 Å². The number of rotatable bonds is 6. The van der Waals surface area contributed by atoms with Gasteiger partial charge in [-0.3, -0.25) is 0 Å². The smallest absolute Gasteiger partial charge is 0.388 e. The van der Waals surface area contributed by atoms with Crippen molar-refractivity contribution in [2.24, 2.45) is 0 Å². The molecule has 0 aliphatic carbocycles. The van der Waals surface area contributed by atoms with Gasteiger partial charge < -0.3 is 15.2 Å². The van der Waals surface area contributed by atoms with Gasteiger partial charge in [-0.2, -0.15) is 23.1 Å². The van der Waals surface area contributed by atoms with Gasteiger partial charge >= 0.3 is 12.5 Å². The summed E-state index contributed by atoms with van der Waals surface area (Å²) in [5.74, 6) is -1.40. The molecule has 0 aromatic carbocycles. The molecule has 0 bridgehead atoms. The highest BCUT2D eigenvalue weighted by Crippen LogP contribution is 2.30.